The van der Waals surface area contributed by atoms with Gasteiger partial charge < -0.3 is 20.5 Å². The van der Waals surface area contributed by atoms with Crippen LogP contribution in [-0.4, -0.2) is 42.4 Å². The maximum absolute atomic E-state index is 12.1. The van der Waals surface area contributed by atoms with E-state index in [9.17, 15) is 14.7 Å². The molecule has 1 saturated heterocycles. The number of carbonyl (C=O) groups is 2. The summed E-state index contributed by atoms with van der Waals surface area (Å²) >= 11 is 0. The zero-order valence-electron chi connectivity index (χ0n) is 13.1. The summed E-state index contributed by atoms with van der Waals surface area (Å²) in [6.45, 7) is 6.48. The van der Waals surface area contributed by atoms with Gasteiger partial charge in [0, 0.05) is 6.04 Å². The topological polar surface area (TPSA) is 87.7 Å². The summed E-state index contributed by atoms with van der Waals surface area (Å²) in [5.74, 6) is -0.940. The van der Waals surface area contributed by atoms with Gasteiger partial charge in [-0.15, -0.1) is 0 Å². The van der Waals surface area contributed by atoms with E-state index in [0.717, 1.165) is 25.7 Å². The Morgan fingerprint density at radius 2 is 1.76 bits per heavy atom. The Kier molecular flexibility index (Phi) is 4.46. The minimum atomic E-state index is -1.05. The van der Waals surface area contributed by atoms with E-state index in [1.165, 1.54) is 0 Å². The van der Waals surface area contributed by atoms with Crippen molar-refractivity contribution in [3.63, 3.8) is 0 Å². The fraction of sp³-hybridized carbons (Fsp3) is 0.867. The van der Waals surface area contributed by atoms with Crippen LogP contribution in [-0.2, 0) is 9.53 Å². The number of amides is 2. The van der Waals surface area contributed by atoms with Crippen molar-refractivity contribution in [1.82, 2.24) is 10.6 Å². The molecule has 3 N–H and O–H groups in total. The molecule has 1 aliphatic carbocycles. The molecule has 0 spiro atoms. The van der Waals surface area contributed by atoms with Gasteiger partial charge in [-0.3, -0.25) is 4.79 Å². The molecule has 1 saturated carbocycles. The van der Waals surface area contributed by atoms with Crippen LogP contribution in [0.3, 0.4) is 0 Å². The SMILES string of the molecule is CC1(C)CCC(NC(=O)NC2COCC2(C)C(=O)O)CC1. The lowest BCUT2D eigenvalue weighted by atomic mass is 9.75. The summed E-state index contributed by atoms with van der Waals surface area (Å²) in [6, 6.07) is -0.603. The second-order valence-electron chi connectivity index (χ2n) is 7.35. The monoisotopic (exact) mass is 298 g/mol. The van der Waals surface area contributed by atoms with E-state index in [0.29, 0.717) is 5.41 Å². The molecule has 0 aromatic heterocycles. The second kappa shape index (κ2) is 5.83. The molecule has 0 radical (unpaired) electrons. The van der Waals surface area contributed by atoms with E-state index in [4.69, 9.17) is 4.74 Å². The van der Waals surface area contributed by atoms with E-state index >= 15 is 0 Å². The van der Waals surface area contributed by atoms with Crippen LogP contribution in [0.15, 0.2) is 0 Å². The average Bonchev–Trinajstić information content (AvgIpc) is 2.75. The van der Waals surface area contributed by atoms with E-state index in [2.05, 4.69) is 24.5 Å². The first kappa shape index (κ1) is 16.1. The zero-order chi connectivity index (χ0) is 15.7. The molecule has 1 heterocycles. The number of ether oxygens (including phenoxy) is 1. The maximum atomic E-state index is 12.1. The van der Waals surface area contributed by atoms with E-state index in [1.54, 1.807) is 6.92 Å². The van der Waals surface area contributed by atoms with Crippen LogP contribution in [0.1, 0.15) is 46.5 Å². The van der Waals surface area contributed by atoms with Gasteiger partial charge in [0.2, 0.25) is 0 Å². The highest BCUT2D eigenvalue weighted by Crippen LogP contribution is 2.35. The predicted molar refractivity (Wildman–Crippen MR) is 78.1 cm³/mol. The Balaban J connectivity index is 1.84. The van der Waals surface area contributed by atoms with E-state index in [-0.39, 0.29) is 25.3 Å². The molecule has 2 aliphatic rings. The highest BCUT2D eigenvalue weighted by atomic mass is 16.5. The molecule has 1 aliphatic heterocycles. The third-order valence-corrected chi connectivity index (χ3v) is 4.92. The van der Waals surface area contributed by atoms with Crippen molar-refractivity contribution in [1.29, 1.82) is 0 Å². The van der Waals surface area contributed by atoms with Gasteiger partial charge in [-0.2, -0.15) is 0 Å². The lowest BCUT2D eigenvalue weighted by molar-refractivity contribution is -0.148. The van der Waals surface area contributed by atoms with Crippen molar-refractivity contribution in [2.75, 3.05) is 13.2 Å². The first-order valence-electron chi connectivity index (χ1n) is 7.61. The summed E-state index contributed by atoms with van der Waals surface area (Å²) < 4.78 is 5.23. The van der Waals surface area contributed by atoms with E-state index in [1.807, 2.05) is 0 Å². The van der Waals surface area contributed by atoms with Crippen LogP contribution in [0, 0.1) is 10.8 Å². The molecule has 0 bridgehead atoms. The van der Waals surface area contributed by atoms with Crippen molar-refractivity contribution in [2.24, 2.45) is 10.8 Å². The summed E-state index contributed by atoms with van der Waals surface area (Å²) in [5, 5.41) is 15.0. The number of carboxylic acid groups (broad SMARTS) is 1. The number of hydrogen-bond acceptors (Lipinski definition) is 3. The van der Waals surface area contributed by atoms with Gasteiger partial charge in [0.15, 0.2) is 0 Å². The minimum Gasteiger partial charge on any atom is -0.481 e. The van der Waals surface area contributed by atoms with Gasteiger partial charge in [-0.25, -0.2) is 4.79 Å². The minimum absolute atomic E-state index is 0.130. The fourth-order valence-electron chi connectivity index (χ4n) is 3.01. The molecule has 6 nitrogen and oxygen atoms in total. The molecule has 0 aromatic rings. The lowest BCUT2D eigenvalue weighted by Gasteiger charge is -2.35. The quantitative estimate of drug-likeness (QED) is 0.740. The van der Waals surface area contributed by atoms with Crippen LogP contribution in [0.25, 0.3) is 0 Å². The molecular weight excluding hydrogens is 272 g/mol. The van der Waals surface area contributed by atoms with Crippen LogP contribution in [0.2, 0.25) is 0 Å². The highest BCUT2D eigenvalue weighted by molar-refractivity contribution is 5.79. The van der Waals surface area contributed by atoms with Gasteiger partial charge in [-0.1, -0.05) is 13.8 Å². The van der Waals surface area contributed by atoms with E-state index < -0.39 is 17.4 Å². The highest BCUT2D eigenvalue weighted by Gasteiger charge is 2.47. The first-order chi connectivity index (χ1) is 9.73. The standard InChI is InChI=1S/C15H26N2O4/c1-14(2)6-4-10(5-7-14)16-13(20)17-11-8-21-9-15(11,3)12(18)19/h10-11H,4-9H2,1-3H3,(H,18,19)(H2,16,17,20). The summed E-state index contributed by atoms with van der Waals surface area (Å²) in [5.41, 5.74) is -0.693. The van der Waals surface area contributed by atoms with Crippen molar-refractivity contribution in [2.45, 2.75) is 58.5 Å². The molecule has 2 amide bonds. The van der Waals surface area contributed by atoms with Crippen molar-refractivity contribution in [3.05, 3.63) is 0 Å². The number of rotatable bonds is 3. The molecule has 120 valence electrons. The Morgan fingerprint density at radius 3 is 2.33 bits per heavy atom. The molecule has 6 heteroatoms. The molecule has 0 aromatic carbocycles. The maximum Gasteiger partial charge on any atom is 0.315 e. The second-order valence-corrected chi connectivity index (χ2v) is 7.35. The number of aliphatic carboxylic acids is 1. The third kappa shape index (κ3) is 3.67. The predicted octanol–water partition coefficient (Wildman–Crippen LogP) is 1.74. The van der Waals surface area contributed by atoms with Crippen LogP contribution < -0.4 is 10.6 Å². The largest absolute Gasteiger partial charge is 0.481 e. The number of nitrogens with one attached hydrogen (secondary N) is 2. The zero-order valence-corrected chi connectivity index (χ0v) is 13.1. The Morgan fingerprint density at radius 1 is 1.14 bits per heavy atom. The Bertz CT molecular complexity index is 414. The van der Waals surface area contributed by atoms with Crippen LogP contribution in [0.5, 0.6) is 0 Å². The Labute approximate surface area is 125 Å². The number of urea groups is 1. The normalized spacial score (nSPS) is 32.6. The summed E-state index contributed by atoms with van der Waals surface area (Å²) in [4.78, 5) is 23.4. The first-order valence-corrected chi connectivity index (χ1v) is 7.61. The number of carbonyl (C=O) groups excluding carboxylic acids is 1. The molecule has 2 unspecified atom stereocenters. The van der Waals surface area contributed by atoms with Gasteiger partial charge in [0.25, 0.3) is 0 Å². The average molecular weight is 298 g/mol. The smallest absolute Gasteiger partial charge is 0.315 e. The van der Waals surface area contributed by atoms with Crippen molar-refractivity contribution in [3.8, 4) is 0 Å². The summed E-state index contributed by atoms with van der Waals surface area (Å²) in [6.07, 6.45) is 4.13. The molecule has 2 fully saturated rings. The molecule has 2 rings (SSSR count). The van der Waals surface area contributed by atoms with Gasteiger partial charge in [0.1, 0.15) is 5.41 Å². The molecule has 2 atom stereocenters. The van der Waals surface area contributed by atoms with Gasteiger partial charge in [0.05, 0.1) is 19.3 Å². The van der Waals surface area contributed by atoms with Crippen molar-refractivity contribution >= 4 is 12.0 Å². The molecule has 21 heavy (non-hydrogen) atoms. The van der Waals surface area contributed by atoms with Crippen LogP contribution >= 0.6 is 0 Å². The number of carboxylic acids is 1. The Hall–Kier alpha value is -1.30. The lowest BCUT2D eigenvalue weighted by Crippen LogP contribution is -2.54. The van der Waals surface area contributed by atoms with Crippen molar-refractivity contribution < 1.29 is 19.4 Å². The van der Waals surface area contributed by atoms with Gasteiger partial charge >= 0.3 is 12.0 Å². The molecular formula is C15H26N2O4. The van der Waals surface area contributed by atoms with Crippen LogP contribution in [0.4, 0.5) is 4.79 Å². The third-order valence-electron chi connectivity index (χ3n) is 4.92. The fourth-order valence-corrected chi connectivity index (χ4v) is 3.01. The number of hydrogen-bond donors (Lipinski definition) is 3. The van der Waals surface area contributed by atoms with Gasteiger partial charge in [-0.05, 0) is 38.0 Å². The summed E-state index contributed by atoms with van der Waals surface area (Å²) in [7, 11) is 0.